The Kier molecular flexibility index (Phi) is 2.87. The second-order valence-corrected chi connectivity index (χ2v) is 4.40. The van der Waals surface area contributed by atoms with Crippen molar-refractivity contribution in [2.75, 3.05) is 0 Å². The molecule has 0 amide bonds. The number of fused-ring (bicyclic) bond motifs is 1. The van der Waals surface area contributed by atoms with Crippen molar-refractivity contribution < 1.29 is 14.6 Å². The van der Waals surface area contributed by atoms with Crippen molar-refractivity contribution in [1.82, 2.24) is 9.38 Å². The van der Waals surface area contributed by atoms with Crippen LogP contribution < -0.4 is 4.74 Å². The Morgan fingerprint density at radius 1 is 1.30 bits per heavy atom. The first kappa shape index (κ1) is 12.2. The molecule has 0 aliphatic heterocycles. The molecule has 0 aliphatic rings. The van der Waals surface area contributed by atoms with Gasteiger partial charge in [-0.2, -0.15) is 0 Å². The zero-order chi connectivity index (χ0) is 14.1. The first-order valence-corrected chi connectivity index (χ1v) is 6.09. The van der Waals surface area contributed by atoms with Crippen LogP contribution in [0.25, 0.3) is 5.65 Å². The number of aryl methyl sites for hydroxylation is 1. The number of hydrogen-bond donors (Lipinski definition) is 1. The molecule has 5 nitrogen and oxygen atoms in total. The minimum atomic E-state index is -1.02. The van der Waals surface area contributed by atoms with Gasteiger partial charge in [0.1, 0.15) is 22.8 Å². The van der Waals surface area contributed by atoms with E-state index in [0.29, 0.717) is 17.1 Å². The van der Waals surface area contributed by atoms with Crippen molar-refractivity contribution in [1.29, 1.82) is 0 Å². The topological polar surface area (TPSA) is 63.8 Å². The van der Waals surface area contributed by atoms with Crippen LogP contribution in [-0.4, -0.2) is 20.5 Å². The molecule has 5 heteroatoms. The largest absolute Gasteiger partial charge is 0.477 e. The van der Waals surface area contributed by atoms with E-state index in [1.807, 2.05) is 31.2 Å². The molecule has 0 atom stereocenters. The van der Waals surface area contributed by atoms with Crippen LogP contribution in [0.5, 0.6) is 11.5 Å². The van der Waals surface area contributed by atoms with Gasteiger partial charge >= 0.3 is 5.97 Å². The van der Waals surface area contributed by atoms with Gasteiger partial charge in [-0.25, -0.2) is 9.78 Å². The number of aromatic carboxylic acids is 1. The van der Waals surface area contributed by atoms with Crippen LogP contribution in [0.1, 0.15) is 16.1 Å². The lowest BCUT2D eigenvalue weighted by Crippen LogP contribution is -2.05. The summed E-state index contributed by atoms with van der Waals surface area (Å²) in [5.74, 6) is 0.123. The maximum atomic E-state index is 11.3. The maximum Gasteiger partial charge on any atom is 0.353 e. The van der Waals surface area contributed by atoms with E-state index in [9.17, 15) is 9.90 Å². The van der Waals surface area contributed by atoms with Crippen LogP contribution in [0.2, 0.25) is 0 Å². The summed E-state index contributed by atoms with van der Waals surface area (Å²) >= 11 is 0. The third-order valence-corrected chi connectivity index (χ3v) is 3.02. The third kappa shape index (κ3) is 2.09. The first-order valence-electron chi connectivity index (χ1n) is 6.09. The number of ether oxygens (including phenoxy) is 1. The number of benzene rings is 1. The Morgan fingerprint density at radius 3 is 2.85 bits per heavy atom. The quantitative estimate of drug-likeness (QED) is 0.792. The van der Waals surface area contributed by atoms with Gasteiger partial charge in [0.05, 0.1) is 0 Å². The van der Waals surface area contributed by atoms with Gasteiger partial charge in [0.15, 0.2) is 0 Å². The van der Waals surface area contributed by atoms with Crippen LogP contribution in [0.4, 0.5) is 0 Å². The molecule has 3 rings (SSSR count). The zero-order valence-electron chi connectivity index (χ0n) is 10.8. The van der Waals surface area contributed by atoms with Crippen LogP contribution in [0.3, 0.4) is 0 Å². The Balaban J connectivity index is 2.08. The van der Waals surface area contributed by atoms with Gasteiger partial charge in [-0.05, 0) is 18.6 Å². The summed E-state index contributed by atoms with van der Waals surface area (Å²) in [5, 5.41) is 9.24. The highest BCUT2D eigenvalue weighted by molar-refractivity contribution is 5.87. The molecule has 20 heavy (non-hydrogen) atoms. The van der Waals surface area contributed by atoms with Crippen molar-refractivity contribution in [3.05, 3.63) is 60.0 Å². The minimum absolute atomic E-state index is 0.114. The number of aromatic nitrogens is 2. The Bertz CT molecular complexity index is 793. The predicted octanol–water partition coefficient (Wildman–Crippen LogP) is 3.13. The van der Waals surface area contributed by atoms with E-state index in [-0.39, 0.29) is 5.69 Å². The molecule has 3 aromatic rings. The van der Waals surface area contributed by atoms with E-state index in [0.717, 1.165) is 5.56 Å². The minimum Gasteiger partial charge on any atom is -0.477 e. The van der Waals surface area contributed by atoms with Gasteiger partial charge in [-0.3, -0.25) is 4.40 Å². The van der Waals surface area contributed by atoms with E-state index < -0.39 is 5.97 Å². The van der Waals surface area contributed by atoms with Crippen molar-refractivity contribution in [3.63, 3.8) is 0 Å². The Labute approximate surface area is 115 Å². The van der Waals surface area contributed by atoms with Crippen molar-refractivity contribution in [2.45, 2.75) is 6.92 Å². The maximum absolute atomic E-state index is 11.3. The van der Waals surface area contributed by atoms with Gasteiger partial charge < -0.3 is 9.84 Å². The summed E-state index contributed by atoms with van der Waals surface area (Å²) in [6.07, 6.45) is 3.16. The van der Waals surface area contributed by atoms with Crippen LogP contribution in [-0.2, 0) is 0 Å². The summed E-state index contributed by atoms with van der Waals surface area (Å²) in [7, 11) is 0. The number of para-hydroxylation sites is 1. The molecule has 2 heterocycles. The molecular weight excluding hydrogens is 256 g/mol. The second kappa shape index (κ2) is 4.70. The Hall–Kier alpha value is -2.82. The molecule has 0 bridgehead atoms. The lowest BCUT2D eigenvalue weighted by molar-refractivity contribution is 0.0688. The van der Waals surface area contributed by atoms with Crippen LogP contribution >= 0.6 is 0 Å². The van der Waals surface area contributed by atoms with Gasteiger partial charge in [0.25, 0.3) is 0 Å². The van der Waals surface area contributed by atoms with E-state index in [1.54, 1.807) is 18.5 Å². The summed E-state index contributed by atoms with van der Waals surface area (Å²) < 4.78 is 7.27. The highest BCUT2D eigenvalue weighted by Crippen LogP contribution is 2.26. The number of rotatable bonds is 3. The lowest BCUT2D eigenvalue weighted by Gasteiger charge is -2.10. The first-order chi connectivity index (χ1) is 9.65. The van der Waals surface area contributed by atoms with Gasteiger partial charge in [-0.15, -0.1) is 0 Å². The molecule has 0 saturated carbocycles. The van der Waals surface area contributed by atoms with E-state index >= 15 is 0 Å². The molecule has 0 unspecified atom stereocenters. The van der Waals surface area contributed by atoms with Crippen molar-refractivity contribution in [3.8, 4) is 11.5 Å². The van der Waals surface area contributed by atoms with Gasteiger partial charge in [0, 0.05) is 24.5 Å². The number of carboxylic acid groups (broad SMARTS) is 1. The smallest absolute Gasteiger partial charge is 0.353 e. The molecule has 0 fully saturated rings. The fraction of sp³-hybridized carbons (Fsp3) is 0.0667. The normalized spacial score (nSPS) is 10.7. The van der Waals surface area contributed by atoms with E-state index in [2.05, 4.69) is 4.98 Å². The monoisotopic (exact) mass is 268 g/mol. The zero-order valence-corrected chi connectivity index (χ0v) is 10.8. The molecule has 0 spiro atoms. The van der Waals surface area contributed by atoms with Crippen molar-refractivity contribution in [2.24, 2.45) is 0 Å². The SMILES string of the molecule is Cc1ccccc1Oc1cc(C(=O)O)n2ccnc2c1. The number of hydrogen-bond acceptors (Lipinski definition) is 3. The standard InChI is InChI=1S/C15H12N2O3/c1-10-4-2-3-5-13(10)20-11-8-12(15(18)19)17-7-6-16-14(17)9-11/h2-9H,1H3,(H,18,19). The molecule has 0 radical (unpaired) electrons. The molecule has 1 aromatic carbocycles. The van der Waals surface area contributed by atoms with Gasteiger partial charge in [0.2, 0.25) is 0 Å². The highest BCUT2D eigenvalue weighted by Gasteiger charge is 2.12. The molecular formula is C15H12N2O3. The third-order valence-electron chi connectivity index (χ3n) is 3.02. The summed E-state index contributed by atoms with van der Waals surface area (Å²) in [6, 6.07) is 10.8. The number of pyridine rings is 1. The molecule has 0 aliphatic carbocycles. The Morgan fingerprint density at radius 2 is 2.10 bits per heavy atom. The average molecular weight is 268 g/mol. The summed E-state index contributed by atoms with van der Waals surface area (Å²) in [5.41, 5.74) is 1.63. The number of carboxylic acids is 1. The van der Waals surface area contributed by atoms with Crippen molar-refractivity contribution >= 4 is 11.6 Å². The summed E-state index contributed by atoms with van der Waals surface area (Å²) in [4.78, 5) is 15.4. The van der Waals surface area contributed by atoms with E-state index in [1.165, 1.54) is 10.5 Å². The highest BCUT2D eigenvalue weighted by atomic mass is 16.5. The fourth-order valence-corrected chi connectivity index (χ4v) is 2.02. The van der Waals surface area contributed by atoms with Crippen LogP contribution in [0.15, 0.2) is 48.8 Å². The fourth-order valence-electron chi connectivity index (χ4n) is 2.02. The molecule has 2 aromatic heterocycles. The number of nitrogens with zero attached hydrogens (tertiary/aromatic N) is 2. The number of carbonyl (C=O) groups is 1. The molecule has 100 valence electrons. The molecule has 1 N–H and O–H groups in total. The second-order valence-electron chi connectivity index (χ2n) is 4.40. The number of imidazole rings is 1. The molecule has 0 saturated heterocycles. The van der Waals surface area contributed by atoms with Gasteiger partial charge in [-0.1, -0.05) is 18.2 Å². The average Bonchev–Trinajstić information content (AvgIpc) is 2.88. The predicted molar refractivity (Wildman–Crippen MR) is 73.4 cm³/mol. The van der Waals surface area contributed by atoms with E-state index in [4.69, 9.17) is 4.74 Å². The van der Waals surface area contributed by atoms with Crippen LogP contribution in [0, 0.1) is 6.92 Å². The summed E-state index contributed by atoms with van der Waals surface area (Å²) in [6.45, 7) is 1.93. The lowest BCUT2D eigenvalue weighted by atomic mass is 10.2.